The molecular weight excluding hydrogens is 442 g/mol. The molecular formula is C27H37N5O3. The van der Waals surface area contributed by atoms with Gasteiger partial charge in [-0.3, -0.25) is 14.3 Å². The van der Waals surface area contributed by atoms with Gasteiger partial charge in [0.1, 0.15) is 5.69 Å². The summed E-state index contributed by atoms with van der Waals surface area (Å²) in [5.41, 5.74) is 7.23. The number of aromatic nitrogens is 3. The topological polar surface area (TPSA) is 92.2 Å². The van der Waals surface area contributed by atoms with Crippen LogP contribution in [-0.4, -0.2) is 58.3 Å². The first-order valence-electron chi connectivity index (χ1n) is 12.5. The Balaban J connectivity index is 1.64. The number of methoxy groups -OCH3 is 1. The Morgan fingerprint density at radius 1 is 1.23 bits per heavy atom. The Hall–Kier alpha value is -3.13. The largest absolute Gasteiger partial charge is 0.383 e. The van der Waals surface area contributed by atoms with Crippen molar-refractivity contribution >= 4 is 22.7 Å². The summed E-state index contributed by atoms with van der Waals surface area (Å²) < 4.78 is 7.04. The highest BCUT2D eigenvalue weighted by Gasteiger charge is 2.31. The van der Waals surface area contributed by atoms with Crippen molar-refractivity contribution in [2.45, 2.75) is 60.5 Å². The maximum Gasteiger partial charge on any atom is 0.272 e. The van der Waals surface area contributed by atoms with E-state index in [1.807, 2.05) is 16.5 Å². The number of hydrogen-bond acceptors (Lipinski definition) is 4. The van der Waals surface area contributed by atoms with Gasteiger partial charge in [0.2, 0.25) is 0 Å². The van der Waals surface area contributed by atoms with Crippen LogP contribution in [0, 0.1) is 26.7 Å². The Labute approximate surface area is 207 Å². The zero-order valence-electron chi connectivity index (χ0n) is 21.7. The number of nitrogens with one attached hydrogen (secondary N) is 2. The minimum Gasteiger partial charge on any atom is -0.383 e. The van der Waals surface area contributed by atoms with E-state index in [2.05, 4.69) is 50.1 Å². The summed E-state index contributed by atoms with van der Waals surface area (Å²) in [5, 5.41) is 8.68. The van der Waals surface area contributed by atoms with Crippen molar-refractivity contribution in [3.63, 3.8) is 0 Å². The van der Waals surface area contributed by atoms with Crippen LogP contribution >= 0.6 is 0 Å². The van der Waals surface area contributed by atoms with Gasteiger partial charge < -0.3 is 19.9 Å². The number of ether oxygens (including phenoxy) is 1. The second-order valence-corrected chi connectivity index (χ2v) is 10.0. The molecule has 35 heavy (non-hydrogen) atoms. The third-order valence-corrected chi connectivity index (χ3v) is 6.87. The fourth-order valence-electron chi connectivity index (χ4n) is 4.92. The molecule has 3 heterocycles. The maximum absolute atomic E-state index is 13.7. The van der Waals surface area contributed by atoms with E-state index in [1.165, 1.54) is 5.56 Å². The molecule has 0 atom stereocenters. The van der Waals surface area contributed by atoms with Crippen molar-refractivity contribution in [3.8, 4) is 0 Å². The third kappa shape index (κ3) is 4.98. The molecule has 0 saturated heterocycles. The summed E-state index contributed by atoms with van der Waals surface area (Å²) in [4.78, 5) is 31.9. The van der Waals surface area contributed by atoms with Gasteiger partial charge in [-0.15, -0.1) is 0 Å². The fraction of sp³-hybridized carbons (Fsp3) is 0.519. The fourth-order valence-corrected chi connectivity index (χ4v) is 4.92. The molecule has 2 aromatic heterocycles. The van der Waals surface area contributed by atoms with Gasteiger partial charge in [-0.05, 0) is 50.3 Å². The second kappa shape index (κ2) is 10.2. The Kier molecular flexibility index (Phi) is 7.31. The van der Waals surface area contributed by atoms with Gasteiger partial charge in [0, 0.05) is 55.3 Å². The minimum atomic E-state index is -0.219. The predicted molar refractivity (Wildman–Crippen MR) is 137 cm³/mol. The molecule has 0 spiro atoms. The highest BCUT2D eigenvalue weighted by molar-refractivity contribution is 6.02. The van der Waals surface area contributed by atoms with Crippen LogP contribution in [0.25, 0.3) is 10.9 Å². The normalized spacial score (nSPS) is 13.5. The Morgan fingerprint density at radius 3 is 2.71 bits per heavy atom. The second-order valence-electron chi connectivity index (χ2n) is 10.0. The zero-order chi connectivity index (χ0) is 25.3. The number of H-pyrrole nitrogens is 1. The van der Waals surface area contributed by atoms with Crippen LogP contribution in [0.1, 0.15) is 69.2 Å². The predicted octanol–water partition coefficient (Wildman–Crippen LogP) is 3.91. The summed E-state index contributed by atoms with van der Waals surface area (Å²) in [5.74, 6) is 0.276. The average Bonchev–Trinajstić information content (AvgIpc) is 3.35. The number of aryl methyl sites for hydroxylation is 4. The van der Waals surface area contributed by atoms with Crippen LogP contribution in [0.15, 0.2) is 12.1 Å². The summed E-state index contributed by atoms with van der Waals surface area (Å²) in [7, 11) is 1.60. The van der Waals surface area contributed by atoms with Crippen molar-refractivity contribution in [3.05, 3.63) is 51.5 Å². The number of nitrogens with zero attached hydrogens (tertiary/aromatic N) is 3. The molecule has 1 aliphatic rings. The number of carbonyl (C=O) groups excluding carboxylic acids is 2. The number of rotatable bonds is 8. The lowest BCUT2D eigenvalue weighted by Crippen LogP contribution is -2.38. The van der Waals surface area contributed by atoms with E-state index in [4.69, 9.17) is 9.84 Å². The molecule has 8 heteroatoms. The summed E-state index contributed by atoms with van der Waals surface area (Å²) in [6.07, 6.45) is 1.66. The standard InChI is InChI=1S/C27H37N5O3/c1-16(2)7-11-32-22-8-10-31(15-21(22)25(30-32)26(33)28-9-12-35-6)27(34)24-19(5)20-14-17(3)13-18(4)23(20)29-24/h13-14,16,29H,7-12,15H2,1-6H3,(H,28,33). The molecule has 1 aromatic carbocycles. The van der Waals surface area contributed by atoms with E-state index < -0.39 is 0 Å². The lowest BCUT2D eigenvalue weighted by atomic mass is 10.0. The zero-order valence-corrected chi connectivity index (χ0v) is 21.7. The van der Waals surface area contributed by atoms with E-state index in [-0.39, 0.29) is 11.8 Å². The van der Waals surface area contributed by atoms with Gasteiger partial charge in [0.15, 0.2) is 5.69 Å². The molecule has 2 amide bonds. The summed E-state index contributed by atoms with van der Waals surface area (Å²) in [6.45, 7) is 13.1. The van der Waals surface area contributed by atoms with Crippen LogP contribution in [0.3, 0.4) is 0 Å². The molecule has 0 saturated carbocycles. The number of aromatic amines is 1. The van der Waals surface area contributed by atoms with E-state index in [1.54, 1.807) is 7.11 Å². The molecule has 8 nitrogen and oxygen atoms in total. The van der Waals surface area contributed by atoms with Crippen molar-refractivity contribution < 1.29 is 14.3 Å². The van der Waals surface area contributed by atoms with Crippen LogP contribution in [0.2, 0.25) is 0 Å². The van der Waals surface area contributed by atoms with E-state index in [0.29, 0.717) is 50.0 Å². The molecule has 2 N–H and O–H groups in total. The monoisotopic (exact) mass is 479 g/mol. The number of hydrogen-bond donors (Lipinski definition) is 2. The number of fused-ring (bicyclic) bond motifs is 2. The molecule has 0 fully saturated rings. The number of benzene rings is 1. The smallest absolute Gasteiger partial charge is 0.272 e. The number of amides is 2. The summed E-state index contributed by atoms with van der Waals surface area (Å²) >= 11 is 0. The van der Waals surface area contributed by atoms with Crippen molar-refractivity contribution in [1.29, 1.82) is 0 Å². The molecule has 0 bridgehead atoms. The molecule has 0 radical (unpaired) electrons. The molecule has 4 rings (SSSR count). The van der Waals surface area contributed by atoms with Gasteiger partial charge in [-0.2, -0.15) is 5.10 Å². The quantitative estimate of drug-likeness (QED) is 0.479. The average molecular weight is 480 g/mol. The van der Waals surface area contributed by atoms with Crippen molar-refractivity contribution in [1.82, 2.24) is 25.0 Å². The minimum absolute atomic E-state index is 0.0397. The van der Waals surface area contributed by atoms with Crippen LogP contribution in [-0.2, 0) is 24.2 Å². The van der Waals surface area contributed by atoms with Gasteiger partial charge >= 0.3 is 0 Å². The van der Waals surface area contributed by atoms with Crippen LogP contribution < -0.4 is 5.32 Å². The Bertz CT molecular complexity index is 1250. The van der Waals surface area contributed by atoms with Gasteiger partial charge in [0.25, 0.3) is 11.8 Å². The first-order chi connectivity index (χ1) is 16.7. The maximum atomic E-state index is 13.7. The molecule has 3 aromatic rings. The lowest BCUT2D eigenvalue weighted by molar-refractivity contribution is 0.0724. The highest BCUT2D eigenvalue weighted by atomic mass is 16.5. The SMILES string of the molecule is COCCNC(=O)c1nn(CCC(C)C)c2c1CN(C(=O)c1[nH]c3c(C)cc(C)cc3c1C)CC2. The molecule has 188 valence electrons. The van der Waals surface area contributed by atoms with E-state index in [9.17, 15) is 9.59 Å². The van der Waals surface area contributed by atoms with Crippen LogP contribution in [0.5, 0.6) is 0 Å². The van der Waals surface area contributed by atoms with Crippen molar-refractivity contribution in [2.75, 3.05) is 26.8 Å². The van der Waals surface area contributed by atoms with Crippen molar-refractivity contribution in [2.24, 2.45) is 5.92 Å². The lowest BCUT2D eigenvalue weighted by Gasteiger charge is -2.28. The first kappa shape index (κ1) is 25.0. The first-order valence-corrected chi connectivity index (χ1v) is 12.5. The Morgan fingerprint density at radius 2 is 2.00 bits per heavy atom. The van der Waals surface area contributed by atoms with Gasteiger partial charge in [-0.1, -0.05) is 25.5 Å². The van der Waals surface area contributed by atoms with Crippen LogP contribution in [0.4, 0.5) is 0 Å². The van der Waals surface area contributed by atoms with Gasteiger partial charge in [0.05, 0.1) is 13.2 Å². The van der Waals surface area contributed by atoms with Gasteiger partial charge in [-0.25, -0.2) is 0 Å². The highest BCUT2D eigenvalue weighted by Crippen LogP contribution is 2.29. The number of carbonyl (C=O) groups is 2. The van der Waals surface area contributed by atoms with E-state index >= 15 is 0 Å². The molecule has 1 aliphatic heterocycles. The third-order valence-electron chi connectivity index (χ3n) is 6.87. The molecule has 0 aliphatic carbocycles. The molecule has 0 unspecified atom stereocenters. The van der Waals surface area contributed by atoms with E-state index in [0.717, 1.165) is 46.3 Å². The summed E-state index contributed by atoms with van der Waals surface area (Å²) in [6, 6.07) is 4.25.